The van der Waals surface area contributed by atoms with Gasteiger partial charge in [0, 0.05) is 79.0 Å². The quantitative estimate of drug-likeness (QED) is 0.168. The highest BCUT2D eigenvalue weighted by Gasteiger charge is 2.17. The van der Waals surface area contributed by atoms with Crippen molar-refractivity contribution in [1.82, 2.24) is 24.3 Å². The number of ether oxygens (including phenoxy) is 3. The Morgan fingerprint density at radius 2 is 1.76 bits per heavy atom. The summed E-state index contributed by atoms with van der Waals surface area (Å²) < 4.78 is 34.6. The molecule has 5 aromatic rings. The van der Waals surface area contributed by atoms with Crippen molar-refractivity contribution < 1.29 is 23.4 Å². The number of benzene rings is 3. The van der Waals surface area contributed by atoms with Crippen molar-refractivity contribution in [2.45, 2.75) is 6.42 Å². The average Bonchev–Trinajstić information content (AvgIpc) is 3.56. The summed E-state index contributed by atoms with van der Waals surface area (Å²) in [4.78, 5) is 26.2. The van der Waals surface area contributed by atoms with Gasteiger partial charge in [-0.25, -0.2) is 9.37 Å². The minimum absolute atomic E-state index is 0.0132. The zero-order valence-electron chi connectivity index (χ0n) is 25.6. The van der Waals surface area contributed by atoms with Crippen molar-refractivity contribution in [1.29, 1.82) is 0 Å². The predicted octanol–water partition coefficient (Wildman–Crippen LogP) is 6.28. The molecule has 1 amide bonds. The molecule has 1 fully saturated rings. The van der Waals surface area contributed by atoms with Gasteiger partial charge in [0.2, 0.25) is 0 Å². The number of likely N-dealkylation sites (N-methyl/N-ethyl adjacent to an activating group) is 1. The maximum Gasteiger partial charge on any atom is 0.275 e. The Balaban J connectivity index is 1.10. The number of nitrogens with zero attached hydrogens (tertiary/aromatic N) is 5. The molecular weight excluding hydrogens is 611 g/mol. The third-order valence-corrected chi connectivity index (χ3v) is 8.06. The van der Waals surface area contributed by atoms with Crippen LogP contribution in [-0.4, -0.2) is 83.7 Å². The van der Waals surface area contributed by atoms with Crippen molar-refractivity contribution in [3.63, 3.8) is 0 Å². The van der Waals surface area contributed by atoms with Gasteiger partial charge in [-0.3, -0.25) is 9.78 Å². The van der Waals surface area contributed by atoms with E-state index in [1.165, 1.54) is 18.5 Å². The molecule has 3 heterocycles. The number of carbonyl (C=O) groups excluding carboxylic acids is 1. The molecule has 10 nitrogen and oxygen atoms in total. The van der Waals surface area contributed by atoms with Crippen LogP contribution in [0.15, 0.2) is 79.4 Å². The first kappa shape index (κ1) is 31.3. The third kappa shape index (κ3) is 7.39. The Hall–Kier alpha value is -4.71. The molecule has 238 valence electrons. The number of carbonyl (C=O) groups is 1. The van der Waals surface area contributed by atoms with Gasteiger partial charge in [0.15, 0.2) is 23.1 Å². The summed E-state index contributed by atoms with van der Waals surface area (Å²) >= 11 is 5.96. The molecule has 1 N–H and O–H groups in total. The molecule has 0 saturated carbocycles. The molecule has 0 aliphatic carbocycles. The minimum atomic E-state index is -0.651. The SMILES string of the molecule is COc1cc2c(Oc3ccc(NC(=O)c4cn(-c5ccc(Cl)cc5)cn4)cc3F)ccnc2cc1OCCCN1CCN(C)CC1. The molecule has 1 aliphatic heterocycles. The maximum absolute atomic E-state index is 15.2. The number of pyridine rings is 1. The smallest absolute Gasteiger partial charge is 0.275 e. The fourth-order valence-electron chi connectivity index (χ4n) is 5.20. The van der Waals surface area contributed by atoms with Crippen LogP contribution in [0.3, 0.4) is 0 Å². The van der Waals surface area contributed by atoms with Gasteiger partial charge in [-0.1, -0.05) is 11.6 Å². The lowest BCUT2D eigenvalue weighted by molar-refractivity contribution is 0.102. The van der Waals surface area contributed by atoms with Crippen LogP contribution in [0.2, 0.25) is 5.02 Å². The van der Waals surface area contributed by atoms with Gasteiger partial charge in [-0.05, 0) is 62.0 Å². The number of hydrogen-bond acceptors (Lipinski definition) is 8. The Bertz CT molecular complexity index is 1830. The Labute approximate surface area is 271 Å². The molecule has 1 aliphatic rings. The van der Waals surface area contributed by atoms with Crippen LogP contribution in [0.1, 0.15) is 16.9 Å². The zero-order valence-corrected chi connectivity index (χ0v) is 26.3. The number of hydrogen-bond donors (Lipinski definition) is 1. The number of rotatable bonds is 11. The Morgan fingerprint density at radius 3 is 2.52 bits per heavy atom. The lowest BCUT2D eigenvalue weighted by Crippen LogP contribution is -2.44. The summed E-state index contributed by atoms with van der Waals surface area (Å²) in [6, 6.07) is 16.6. The van der Waals surface area contributed by atoms with Gasteiger partial charge in [0.05, 0.1) is 19.2 Å². The number of aromatic nitrogens is 3. The normalized spacial score (nSPS) is 13.9. The first-order valence-corrected chi connectivity index (χ1v) is 15.3. The molecule has 0 atom stereocenters. The number of amides is 1. The maximum atomic E-state index is 15.2. The molecule has 0 bridgehead atoms. The summed E-state index contributed by atoms with van der Waals surface area (Å²) in [6.07, 6.45) is 5.59. The van der Waals surface area contributed by atoms with E-state index < -0.39 is 11.7 Å². The first-order valence-electron chi connectivity index (χ1n) is 15.0. The molecule has 1 saturated heterocycles. The molecule has 0 unspecified atom stereocenters. The number of halogens is 2. The van der Waals surface area contributed by atoms with E-state index in [4.69, 9.17) is 25.8 Å². The largest absolute Gasteiger partial charge is 0.493 e. The van der Waals surface area contributed by atoms with Crippen molar-refractivity contribution in [3.05, 3.63) is 95.9 Å². The van der Waals surface area contributed by atoms with Crippen LogP contribution in [0.25, 0.3) is 16.6 Å². The molecule has 12 heteroatoms. The topological polar surface area (TPSA) is 94.0 Å². The van der Waals surface area contributed by atoms with Gasteiger partial charge in [-0.2, -0.15) is 0 Å². The van der Waals surface area contributed by atoms with Crippen molar-refractivity contribution in [2.24, 2.45) is 0 Å². The second-order valence-corrected chi connectivity index (χ2v) is 11.5. The van der Waals surface area contributed by atoms with Crippen LogP contribution in [0.5, 0.6) is 23.0 Å². The average molecular weight is 645 g/mol. The fraction of sp³-hybridized carbons (Fsp3) is 0.265. The van der Waals surface area contributed by atoms with Crippen LogP contribution < -0.4 is 19.5 Å². The number of fused-ring (bicyclic) bond motifs is 1. The van der Waals surface area contributed by atoms with Gasteiger partial charge >= 0.3 is 0 Å². The van der Waals surface area contributed by atoms with Gasteiger partial charge in [0.1, 0.15) is 17.8 Å². The summed E-state index contributed by atoms with van der Waals surface area (Å²) in [5, 5.41) is 3.92. The van der Waals surface area contributed by atoms with E-state index in [2.05, 4.69) is 32.1 Å². The Kier molecular flexibility index (Phi) is 9.62. The van der Waals surface area contributed by atoms with E-state index in [1.54, 1.807) is 60.5 Å². The van der Waals surface area contributed by atoms with E-state index >= 15 is 4.39 Å². The number of anilines is 1. The molecular formula is C34H34ClFN6O4. The Morgan fingerprint density at radius 1 is 0.957 bits per heavy atom. The summed E-state index contributed by atoms with van der Waals surface area (Å²) in [5.74, 6) is 0.366. The lowest BCUT2D eigenvalue weighted by Gasteiger charge is -2.32. The van der Waals surface area contributed by atoms with E-state index in [9.17, 15) is 4.79 Å². The highest BCUT2D eigenvalue weighted by Crippen LogP contribution is 2.38. The van der Waals surface area contributed by atoms with Gasteiger partial charge in [-0.15, -0.1) is 0 Å². The minimum Gasteiger partial charge on any atom is -0.493 e. The van der Waals surface area contributed by atoms with Crippen molar-refractivity contribution in [3.8, 4) is 28.7 Å². The molecule has 6 rings (SSSR count). The van der Waals surface area contributed by atoms with Crippen molar-refractivity contribution in [2.75, 3.05) is 58.8 Å². The van der Waals surface area contributed by atoms with Crippen molar-refractivity contribution >= 4 is 34.1 Å². The van der Waals surface area contributed by atoms with E-state index in [0.717, 1.165) is 44.8 Å². The lowest BCUT2D eigenvalue weighted by atomic mass is 10.1. The van der Waals surface area contributed by atoms with Gasteiger partial charge in [0.25, 0.3) is 5.91 Å². The molecule has 2 aromatic heterocycles. The fourth-order valence-corrected chi connectivity index (χ4v) is 5.33. The van der Waals surface area contributed by atoms with Crippen LogP contribution in [-0.2, 0) is 0 Å². The summed E-state index contributed by atoms with van der Waals surface area (Å²) in [6.45, 7) is 5.82. The highest BCUT2D eigenvalue weighted by molar-refractivity contribution is 6.30. The summed E-state index contributed by atoms with van der Waals surface area (Å²) in [7, 11) is 3.72. The first-order chi connectivity index (χ1) is 22.4. The number of piperazine rings is 1. The standard InChI is InChI=1S/C34H34ClFN6O4/c1-40-13-15-41(16-14-40)12-3-17-45-33-20-28-26(19-32(33)44-2)30(10-11-37-28)46-31-9-6-24(18-27(31)36)39-34(43)29-21-42(22-38-29)25-7-4-23(35)5-8-25/h4-11,18-22H,3,12-17H2,1-2H3,(H,39,43). The molecule has 0 radical (unpaired) electrons. The van der Waals surface area contributed by atoms with Crippen LogP contribution in [0.4, 0.5) is 10.1 Å². The van der Waals surface area contributed by atoms with E-state index in [1.807, 2.05) is 12.1 Å². The zero-order chi connectivity index (χ0) is 32.0. The second kappa shape index (κ2) is 14.2. The van der Waals surface area contributed by atoms with Crippen LogP contribution in [0, 0.1) is 5.82 Å². The predicted molar refractivity (Wildman–Crippen MR) is 175 cm³/mol. The second-order valence-electron chi connectivity index (χ2n) is 11.0. The molecule has 3 aromatic carbocycles. The molecule has 46 heavy (non-hydrogen) atoms. The third-order valence-electron chi connectivity index (χ3n) is 7.81. The molecule has 0 spiro atoms. The van der Waals surface area contributed by atoms with E-state index in [-0.39, 0.29) is 17.1 Å². The highest BCUT2D eigenvalue weighted by atomic mass is 35.5. The number of methoxy groups -OCH3 is 1. The monoisotopic (exact) mass is 644 g/mol. The number of imidazole rings is 1. The summed E-state index contributed by atoms with van der Waals surface area (Å²) in [5.41, 5.74) is 1.85. The van der Waals surface area contributed by atoms with E-state index in [0.29, 0.717) is 39.8 Å². The van der Waals surface area contributed by atoms with Gasteiger partial charge < -0.3 is 33.9 Å². The number of nitrogens with one attached hydrogen (secondary N) is 1. The van der Waals surface area contributed by atoms with Crippen LogP contribution >= 0.6 is 11.6 Å².